The molecule has 2 rings (SSSR count). The van der Waals surface area contributed by atoms with Gasteiger partial charge in [0.15, 0.2) is 5.96 Å². The Morgan fingerprint density at radius 2 is 2.29 bits per heavy atom. The van der Waals surface area contributed by atoms with Gasteiger partial charge in [-0.25, -0.2) is 0 Å². The van der Waals surface area contributed by atoms with Crippen LogP contribution in [0.5, 0.6) is 5.75 Å². The largest absolute Gasteiger partial charge is 0.496 e. The molecule has 0 bridgehead atoms. The van der Waals surface area contributed by atoms with Crippen molar-refractivity contribution in [3.05, 3.63) is 29.3 Å². The fraction of sp³-hybridized carbons (Fsp3) is 0.632. The second-order valence-electron chi connectivity index (χ2n) is 6.40. The fourth-order valence-electron chi connectivity index (χ4n) is 2.98. The minimum Gasteiger partial charge on any atom is -0.496 e. The highest BCUT2D eigenvalue weighted by atomic mass is 16.5. The molecule has 1 aliphatic rings. The normalized spacial score (nSPS) is 17.8. The Morgan fingerprint density at radius 1 is 1.46 bits per heavy atom. The molecule has 0 radical (unpaired) electrons. The van der Waals surface area contributed by atoms with E-state index in [4.69, 9.17) is 14.5 Å². The number of hydrogen-bond donors (Lipinski definition) is 1. The monoisotopic (exact) mass is 333 g/mol. The molecule has 0 saturated carbocycles. The van der Waals surface area contributed by atoms with Gasteiger partial charge in [0.1, 0.15) is 5.75 Å². The van der Waals surface area contributed by atoms with E-state index in [-0.39, 0.29) is 0 Å². The van der Waals surface area contributed by atoms with Gasteiger partial charge in [-0.3, -0.25) is 4.99 Å². The summed E-state index contributed by atoms with van der Waals surface area (Å²) in [4.78, 5) is 7.00. The molecular weight excluding hydrogens is 302 g/mol. The minimum absolute atomic E-state index is 0.611. The zero-order valence-electron chi connectivity index (χ0n) is 15.5. The van der Waals surface area contributed by atoms with E-state index in [0.29, 0.717) is 5.92 Å². The zero-order chi connectivity index (χ0) is 17.4. The Kier molecular flexibility index (Phi) is 7.37. The molecular formula is C19H31N3O2. The molecule has 0 spiro atoms. The number of benzene rings is 1. The van der Waals surface area contributed by atoms with Gasteiger partial charge in [-0.15, -0.1) is 0 Å². The third kappa shape index (κ3) is 5.41. The molecule has 0 amide bonds. The van der Waals surface area contributed by atoms with Crippen molar-refractivity contribution in [1.82, 2.24) is 10.2 Å². The van der Waals surface area contributed by atoms with E-state index >= 15 is 0 Å². The molecule has 5 nitrogen and oxygen atoms in total. The summed E-state index contributed by atoms with van der Waals surface area (Å²) in [7, 11) is 3.82. The predicted octanol–water partition coefficient (Wildman–Crippen LogP) is 2.48. The van der Waals surface area contributed by atoms with Crippen molar-refractivity contribution >= 4 is 5.96 Å². The molecule has 1 fully saturated rings. The topological polar surface area (TPSA) is 46.1 Å². The quantitative estimate of drug-likeness (QED) is 0.615. The summed E-state index contributed by atoms with van der Waals surface area (Å²) in [5.74, 6) is 2.53. The summed E-state index contributed by atoms with van der Waals surface area (Å²) >= 11 is 0. The second-order valence-corrected chi connectivity index (χ2v) is 6.40. The number of aliphatic imine (C=N–C) groups is 1. The molecule has 134 valence electrons. The third-order valence-electron chi connectivity index (χ3n) is 4.39. The lowest BCUT2D eigenvalue weighted by molar-refractivity contribution is 0.181. The number of rotatable bonds is 7. The van der Waals surface area contributed by atoms with Crippen molar-refractivity contribution in [2.75, 3.05) is 47.0 Å². The summed E-state index contributed by atoms with van der Waals surface area (Å²) in [6.45, 7) is 8.56. The van der Waals surface area contributed by atoms with Gasteiger partial charge < -0.3 is 19.7 Å². The second kappa shape index (κ2) is 9.52. The molecule has 5 heteroatoms. The first-order valence-electron chi connectivity index (χ1n) is 8.84. The van der Waals surface area contributed by atoms with E-state index in [2.05, 4.69) is 49.3 Å². The van der Waals surface area contributed by atoms with Gasteiger partial charge >= 0.3 is 0 Å². The van der Waals surface area contributed by atoms with Crippen LogP contribution < -0.4 is 10.1 Å². The number of ether oxygens (including phenoxy) is 2. The summed E-state index contributed by atoms with van der Waals surface area (Å²) < 4.78 is 10.9. The van der Waals surface area contributed by atoms with Crippen LogP contribution in [0.4, 0.5) is 0 Å². The van der Waals surface area contributed by atoms with E-state index in [1.54, 1.807) is 7.11 Å². The average molecular weight is 333 g/mol. The first-order valence-corrected chi connectivity index (χ1v) is 8.84. The van der Waals surface area contributed by atoms with Gasteiger partial charge in [0.05, 0.1) is 13.7 Å². The lowest BCUT2D eigenvalue weighted by atomic mass is 10.1. The predicted molar refractivity (Wildman–Crippen MR) is 99.0 cm³/mol. The highest BCUT2D eigenvalue weighted by Crippen LogP contribution is 2.19. The van der Waals surface area contributed by atoms with E-state index in [1.165, 1.54) is 5.56 Å². The van der Waals surface area contributed by atoms with Crippen LogP contribution in [-0.4, -0.2) is 57.9 Å². The van der Waals surface area contributed by atoms with E-state index < -0.39 is 0 Å². The molecule has 1 N–H and O–H groups in total. The number of nitrogens with one attached hydrogen (secondary N) is 1. The third-order valence-corrected chi connectivity index (χ3v) is 4.39. The van der Waals surface area contributed by atoms with Crippen LogP contribution in [-0.2, 0) is 11.2 Å². The summed E-state index contributed by atoms with van der Waals surface area (Å²) in [6, 6.07) is 6.37. The van der Waals surface area contributed by atoms with Crippen LogP contribution in [0, 0.1) is 12.8 Å². The molecule has 1 heterocycles. The number of nitrogens with zero attached hydrogens (tertiary/aromatic N) is 2. The van der Waals surface area contributed by atoms with Crippen LogP contribution in [0.2, 0.25) is 0 Å². The molecule has 24 heavy (non-hydrogen) atoms. The Morgan fingerprint density at radius 3 is 2.96 bits per heavy atom. The SMILES string of the molecule is CCNC(=NCCc1ccc(C)c(OC)c1)N(C)CC1CCOC1. The molecule has 1 unspecified atom stereocenters. The average Bonchev–Trinajstić information content (AvgIpc) is 3.08. The van der Waals surface area contributed by atoms with Crippen molar-refractivity contribution in [2.45, 2.75) is 26.7 Å². The Balaban J connectivity index is 1.92. The lowest BCUT2D eigenvalue weighted by Gasteiger charge is -2.24. The number of hydrogen-bond acceptors (Lipinski definition) is 3. The van der Waals surface area contributed by atoms with Crippen molar-refractivity contribution in [1.29, 1.82) is 0 Å². The highest BCUT2D eigenvalue weighted by Gasteiger charge is 2.18. The van der Waals surface area contributed by atoms with E-state index in [1.807, 2.05) is 0 Å². The summed E-state index contributed by atoms with van der Waals surface area (Å²) in [5, 5.41) is 3.38. The van der Waals surface area contributed by atoms with E-state index in [9.17, 15) is 0 Å². The van der Waals surface area contributed by atoms with Crippen molar-refractivity contribution in [3.8, 4) is 5.75 Å². The fourth-order valence-corrected chi connectivity index (χ4v) is 2.98. The Labute approximate surface area is 146 Å². The maximum absolute atomic E-state index is 5.47. The Bertz CT molecular complexity index is 539. The first-order chi connectivity index (χ1) is 11.6. The number of aryl methyl sites for hydroxylation is 1. The van der Waals surface area contributed by atoms with Gasteiger partial charge in [-0.1, -0.05) is 12.1 Å². The zero-order valence-corrected chi connectivity index (χ0v) is 15.5. The maximum Gasteiger partial charge on any atom is 0.193 e. The molecule has 1 atom stereocenters. The van der Waals surface area contributed by atoms with Crippen LogP contribution in [0.25, 0.3) is 0 Å². The van der Waals surface area contributed by atoms with Crippen LogP contribution >= 0.6 is 0 Å². The van der Waals surface area contributed by atoms with Gasteiger partial charge in [-0.2, -0.15) is 0 Å². The first kappa shape index (κ1) is 18.6. The van der Waals surface area contributed by atoms with Crippen LogP contribution in [0.1, 0.15) is 24.5 Å². The number of guanidine groups is 1. The summed E-state index contributed by atoms with van der Waals surface area (Å²) in [6.07, 6.45) is 2.05. The maximum atomic E-state index is 5.47. The van der Waals surface area contributed by atoms with Crippen LogP contribution in [0.15, 0.2) is 23.2 Å². The van der Waals surface area contributed by atoms with Crippen LogP contribution in [0.3, 0.4) is 0 Å². The van der Waals surface area contributed by atoms with Gasteiger partial charge in [0.25, 0.3) is 0 Å². The van der Waals surface area contributed by atoms with Gasteiger partial charge in [-0.05, 0) is 43.9 Å². The highest BCUT2D eigenvalue weighted by molar-refractivity contribution is 5.79. The summed E-state index contributed by atoms with van der Waals surface area (Å²) in [5.41, 5.74) is 2.42. The van der Waals surface area contributed by atoms with E-state index in [0.717, 1.165) is 63.0 Å². The van der Waals surface area contributed by atoms with Crippen molar-refractivity contribution in [3.63, 3.8) is 0 Å². The minimum atomic E-state index is 0.611. The number of methoxy groups -OCH3 is 1. The molecule has 0 aromatic heterocycles. The molecule has 1 saturated heterocycles. The Hall–Kier alpha value is -1.75. The lowest BCUT2D eigenvalue weighted by Crippen LogP contribution is -2.41. The standard InChI is InChI=1S/C19H31N3O2/c1-5-20-19(22(3)13-17-9-11-24-14-17)21-10-8-16-7-6-15(2)18(12-16)23-4/h6-7,12,17H,5,8-11,13-14H2,1-4H3,(H,20,21). The molecule has 1 aromatic rings. The smallest absolute Gasteiger partial charge is 0.193 e. The molecule has 0 aliphatic carbocycles. The molecule has 1 aliphatic heterocycles. The molecule has 1 aromatic carbocycles. The van der Waals surface area contributed by atoms with Crippen molar-refractivity contribution < 1.29 is 9.47 Å². The van der Waals surface area contributed by atoms with Gasteiger partial charge in [0, 0.05) is 39.2 Å². The van der Waals surface area contributed by atoms with Gasteiger partial charge in [0.2, 0.25) is 0 Å². The van der Waals surface area contributed by atoms with Crippen molar-refractivity contribution in [2.24, 2.45) is 10.9 Å².